The van der Waals surface area contributed by atoms with E-state index in [1.165, 1.54) is 5.56 Å². The molecule has 2 atom stereocenters. The zero-order valence-electron chi connectivity index (χ0n) is 15.3. The molecule has 0 amide bonds. The van der Waals surface area contributed by atoms with E-state index in [-0.39, 0.29) is 21.0 Å². The third-order valence-electron chi connectivity index (χ3n) is 7.37. The Morgan fingerprint density at radius 3 is 2.00 bits per heavy atom. The molecule has 0 saturated carbocycles. The van der Waals surface area contributed by atoms with Crippen LogP contribution in [0.3, 0.4) is 0 Å². The van der Waals surface area contributed by atoms with Crippen LogP contribution in [0.4, 0.5) is 0 Å². The van der Waals surface area contributed by atoms with Crippen LogP contribution in [0.1, 0.15) is 67.4 Å². The Hall–Kier alpha value is -0.510. The van der Waals surface area contributed by atoms with Crippen molar-refractivity contribution < 1.29 is 9.59 Å². The summed E-state index contributed by atoms with van der Waals surface area (Å²) in [5, 5.41) is 9.76. The summed E-state index contributed by atoms with van der Waals surface area (Å²) in [6, 6.07) is 8.50. The fourth-order valence-electron chi connectivity index (χ4n) is 4.14. The average Bonchev–Trinajstić information content (AvgIpc) is 2.48. The van der Waals surface area contributed by atoms with E-state index >= 15 is 0 Å². The second kappa shape index (κ2) is 5.25. The first kappa shape index (κ1) is 17.8. The molecule has 0 aliphatic carbocycles. The van der Waals surface area contributed by atoms with Crippen molar-refractivity contribution in [3.8, 4) is 0 Å². The van der Waals surface area contributed by atoms with Crippen LogP contribution in [0.15, 0.2) is 29.2 Å². The van der Waals surface area contributed by atoms with Crippen molar-refractivity contribution in [2.24, 2.45) is 10.8 Å². The van der Waals surface area contributed by atoms with E-state index in [2.05, 4.69) is 79.7 Å². The van der Waals surface area contributed by atoms with Crippen molar-refractivity contribution in [2.75, 3.05) is 0 Å². The van der Waals surface area contributed by atoms with Gasteiger partial charge >= 0.3 is 0 Å². The lowest BCUT2D eigenvalue weighted by Crippen LogP contribution is -2.57. The molecule has 1 aromatic rings. The van der Waals surface area contributed by atoms with E-state index in [1.807, 2.05) is 0 Å². The molecule has 0 aromatic heterocycles. The highest BCUT2D eigenvalue weighted by Crippen LogP contribution is 2.64. The van der Waals surface area contributed by atoms with Crippen LogP contribution in [0.5, 0.6) is 0 Å². The maximum atomic E-state index is 9.76. The smallest absolute Gasteiger partial charge is 0.203 e. The minimum Gasteiger partial charge on any atom is -0.203 e. The second-order valence-electron chi connectivity index (χ2n) is 8.29. The summed E-state index contributed by atoms with van der Waals surface area (Å²) in [5.41, 5.74) is 1.34. The lowest BCUT2D eigenvalue weighted by atomic mass is 9.48. The Morgan fingerprint density at radius 2 is 1.50 bits per heavy atom. The van der Waals surface area contributed by atoms with Gasteiger partial charge in [0.05, 0.1) is 0 Å². The molecule has 0 radical (unpaired) electrons. The van der Waals surface area contributed by atoms with Gasteiger partial charge in [-0.1, -0.05) is 59.7 Å². The second-order valence-corrected chi connectivity index (χ2v) is 10.4. The maximum Gasteiger partial charge on any atom is 0.230 e. The third kappa shape index (κ3) is 1.95. The summed E-state index contributed by atoms with van der Waals surface area (Å²) >= 11 is -0.663. The summed E-state index contributed by atoms with van der Waals surface area (Å²) in [6.07, 6.45) is 1.05. The molecule has 2 nitrogen and oxygen atoms in total. The first-order chi connectivity index (χ1) is 9.99. The van der Waals surface area contributed by atoms with E-state index in [1.54, 1.807) is 0 Å². The molecule has 2 rings (SSSR count). The minimum atomic E-state index is -0.663. The molecule has 0 bridgehead atoms. The van der Waals surface area contributed by atoms with Gasteiger partial charge in [0.1, 0.15) is 0 Å². The molecule has 1 aromatic carbocycles. The van der Waals surface area contributed by atoms with E-state index in [0.29, 0.717) is 0 Å². The Bertz CT molecular complexity index is 562. The van der Waals surface area contributed by atoms with Crippen molar-refractivity contribution >= 4 is 11.2 Å². The number of rotatable bonds is 2. The van der Waals surface area contributed by atoms with Crippen molar-refractivity contribution in [2.45, 2.75) is 76.9 Å². The molecule has 1 aliphatic rings. The number of benzene rings is 1. The van der Waals surface area contributed by atoms with Crippen LogP contribution in [0.2, 0.25) is 0 Å². The van der Waals surface area contributed by atoms with E-state index in [4.69, 9.17) is 4.33 Å². The van der Waals surface area contributed by atoms with Crippen LogP contribution in [-0.4, -0.2) is 10.0 Å². The number of hydrogen-bond acceptors (Lipinski definition) is 2. The Labute approximate surface area is 138 Å². The molecule has 124 valence electrons. The van der Waals surface area contributed by atoms with Gasteiger partial charge in [-0.25, -0.2) is 5.26 Å². The first-order valence-electron chi connectivity index (χ1n) is 8.15. The van der Waals surface area contributed by atoms with Crippen LogP contribution in [0, 0.1) is 10.8 Å². The highest BCUT2D eigenvalue weighted by molar-refractivity contribution is 7.93. The van der Waals surface area contributed by atoms with E-state index in [0.717, 1.165) is 11.3 Å². The summed E-state index contributed by atoms with van der Waals surface area (Å²) in [5.74, 6) is 0. The molecule has 0 spiro atoms. The summed E-state index contributed by atoms with van der Waals surface area (Å²) < 4.78 is 4.92. The monoisotopic (exact) mass is 323 g/mol. The Kier molecular flexibility index (Phi) is 4.26. The highest BCUT2D eigenvalue weighted by Gasteiger charge is 2.68. The molecule has 3 heteroatoms. The predicted molar refractivity (Wildman–Crippen MR) is 95.1 cm³/mol. The van der Waals surface area contributed by atoms with Gasteiger partial charge in [0, 0.05) is 16.4 Å². The van der Waals surface area contributed by atoms with Gasteiger partial charge in [0.2, 0.25) is 11.2 Å². The first-order valence-corrected chi connectivity index (χ1v) is 9.30. The average molecular weight is 324 g/mol. The number of hydrogen-bond donors (Lipinski definition) is 1. The molecule has 1 aliphatic heterocycles. The number of fused-ring (bicyclic) bond motifs is 1. The van der Waals surface area contributed by atoms with E-state index in [9.17, 15) is 5.26 Å². The molecule has 22 heavy (non-hydrogen) atoms. The van der Waals surface area contributed by atoms with Crippen molar-refractivity contribution in [1.82, 2.24) is 0 Å². The highest BCUT2D eigenvalue weighted by atomic mass is 32.2. The zero-order valence-corrected chi connectivity index (χ0v) is 16.1. The van der Waals surface area contributed by atoms with Gasteiger partial charge in [-0.3, -0.25) is 0 Å². The molecule has 2 unspecified atom stereocenters. The topological polar surface area (TPSA) is 29.5 Å². The predicted octanol–water partition coefficient (Wildman–Crippen LogP) is 5.58. The molecule has 1 heterocycles. The van der Waals surface area contributed by atoms with Crippen LogP contribution in [-0.2, 0) is 20.9 Å². The van der Waals surface area contributed by atoms with Crippen molar-refractivity contribution in [1.29, 1.82) is 0 Å². The molecular formula is C19H31O2S+. The summed E-state index contributed by atoms with van der Waals surface area (Å²) in [6.45, 7) is 18.5. The fourth-order valence-corrected chi connectivity index (χ4v) is 6.37. The quantitative estimate of drug-likeness (QED) is 0.437. The van der Waals surface area contributed by atoms with Gasteiger partial charge in [0.15, 0.2) is 9.64 Å². The molecular weight excluding hydrogens is 292 g/mol. The van der Waals surface area contributed by atoms with Crippen molar-refractivity contribution in [3.63, 3.8) is 0 Å². The maximum absolute atomic E-state index is 9.76. The van der Waals surface area contributed by atoms with E-state index < -0.39 is 11.2 Å². The lowest BCUT2D eigenvalue weighted by molar-refractivity contribution is -0.127. The largest absolute Gasteiger partial charge is 0.230 e. The standard InChI is InChI=1S/C19H30O2S/c1-9-19(8)14-12-10-11-13-15(14)22(21-20)18(6,7)16(2,3)17(19,4)5/h10-13H,9H2,1-8H3/p+1. The normalized spacial score (nSPS) is 32.1. The molecule has 0 fully saturated rings. The van der Waals surface area contributed by atoms with Crippen LogP contribution in [0.25, 0.3) is 0 Å². The molecule has 0 saturated heterocycles. The Balaban J connectivity index is 2.92. The van der Waals surface area contributed by atoms with Gasteiger partial charge in [-0.15, -0.1) is 0 Å². The van der Waals surface area contributed by atoms with Crippen molar-refractivity contribution in [3.05, 3.63) is 29.8 Å². The lowest BCUT2D eigenvalue weighted by Gasteiger charge is -2.54. The SMILES string of the molecule is CCC1(C)c2ccccc2[S+](OO)C(C)(C)C(C)(C)C1(C)C. The zero-order chi connectivity index (χ0) is 17.0. The fraction of sp³-hybridized carbons (Fsp3) is 0.684. The van der Waals surface area contributed by atoms with Gasteiger partial charge < -0.3 is 0 Å². The van der Waals surface area contributed by atoms with Crippen LogP contribution >= 0.6 is 0 Å². The van der Waals surface area contributed by atoms with Crippen LogP contribution < -0.4 is 0 Å². The third-order valence-corrected chi connectivity index (χ3v) is 9.72. The summed E-state index contributed by atoms with van der Waals surface area (Å²) in [4.78, 5) is 1.15. The molecule has 1 N–H and O–H groups in total. The Morgan fingerprint density at radius 1 is 0.955 bits per heavy atom. The van der Waals surface area contributed by atoms with Gasteiger partial charge in [-0.2, -0.15) is 0 Å². The van der Waals surface area contributed by atoms with Gasteiger partial charge in [0.25, 0.3) is 0 Å². The van der Waals surface area contributed by atoms with Gasteiger partial charge in [-0.05, 0) is 36.1 Å². The summed E-state index contributed by atoms with van der Waals surface area (Å²) in [7, 11) is 0. The minimum absolute atomic E-state index is 0.0185.